The molecule has 0 aliphatic heterocycles. The third kappa shape index (κ3) is 4.91. The maximum atomic E-state index is 5.47. The third-order valence-electron chi connectivity index (χ3n) is 4.95. The molecule has 136 valence electrons. The van der Waals surface area contributed by atoms with Gasteiger partial charge in [0.1, 0.15) is 0 Å². The summed E-state index contributed by atoms with van der Waals surface area (Å²) in [5.41, 5.74) is 1.51. The van der Waals surface area contributed by atoms with Crippen LogP contribution in [0.3, 0.4) is 0 Å². The highest BCUT2D eigenvalue weighted by atomic mass is 127. The van der Waals surface area contributed by atoms with Crippen LogP contribution in [0.5, 0.6) is 11.5 Å². The topological polar surface area (TPSA) is 54.9 Å². The molecule has 5 nitrogen and oxygen atoms in total. The van der Waals surface area contributed by atoms with Crippen LogP contribution in [0.15, 0.2) is 23.2 Å². The van der Waals surface area contributed by atoms with Crippen molar-refractivity contribution in [1.82, 2.24) is 10.6 Å². The van der Waals surface area contributed by atoms with Crippen molar-refractivity contribution in [2.45, 2.75) is 39.2 Å². The Kier molecular flexibility index (Phi) is 8.66. The van der Waals surface area contributed by atoms with E-state index in [9.17, 15) is 0 Å². The first-order valence-electron chi connectivity index (χ1n) is 8.32. The van der Waals surface area contributed by atoms with E-state index in [1.807, 2.05) is 18.2 Å². The molecule has 0 heterocycles. The van der Waals surface area contributed by atoms with Crippen LogP contribution in [-0.2, 0) is 6.54 Å². The van der Waals surface area contributed by atoms with Crippen LogP contribution in [0.1, 0.15) is 38.2 Å². The summed E-state index contributed by atoms with van der Waals surface area (Å²) in [5, 5.41) is 6.83. The van der Waals surface area contributed by atoms with E-state index in [0.717, 1.165) is 29.6 Å². The van der Waals surface area contributed by atoms with Crippen molar-refractivity contribution in [1.29, 1.82) is 0 Å². The van der Waals surface area contributed by atoms with Crippen LogP contribution < -0.4 is 20.1 Å². The van der Waals surface area contributed by atoms with E-state index < -0.39 is 0 Å². The first-order valence-corrected chi connectivity index (χ1v) is 8.32. The second kappa shape index (κ2) is 9.96. The molecular formula is C18H30IN3O2. The Morgan fingerprint density at radius 1 is 1.21 bits per heavy atom. The minimum Gasteiger partial charge on any atom is -0.493 e. The Balaban J connectivity index is 0.00000288. The molecular weight excluding hydrogens is 417 g/mol. The molecule has 0 bridgehead atoms. The second-order valence-electron chi connectivity index (χ2n) is 6.14. The normalized spacial score (nSPS) is 15.8. The molecule has 0 saturated heterocycles. The lowest BCUT2D eigenvalue weighted by Crippen LogP contribution is -2.46. The highest BCUT2D eigenvalue weighted by molar-refractivity contribution is 14.0. The summed E-state index contributed by atoms with van der Waals surface area (Å²) in [4.78, 5) is 4.32. The van der Waals surface area contributed by atoms with Crippen molar-refractivity contribution >= 4 is 29.9 Å². The Bertz CT molecular complexity index is 540. The number of nitrogens with one attached hydrogen (secondary N) is 2. The molecule has 0 unspecified atom stereocenters. The Morgan fingerprint density at radius 3 is 2.46 bits per heavy atom. The average molecular weight is 447 g/mol. The summed E-state index contributed by atoms with van der Waals surface area (Å²) >= 11 is 0. The van der Waals surface area contributed by atoms with Crippen LogP contribution in [0.2, 0.25) is 0 Å². The number of ether oxygens (including phenoxy) is 2. The molecule has 24 heavy (non-hydrogen) atoms. The molecule has 1 aliphatic rings. The molecule has 2 rings (SSSR count). The molecule has 1 aliphatic carbocycles. The van der Waals surface area contributed by atoms with Gasteiger partial charge in [0.05, 0.1) is 14.2 Å². The lowest BCUT2D eigenvalue weighted by atomic mass is 9.67. The number of halogens is 1. The van der Waals surface area contributed by atoms with E-state index in [-0.39, 0.29) is 24.0 Å². The highest BCUT2D eigenvalue weighted by Crippen LogP contribution is 2.43. The zero-order valence-electron chi connectivity index (χ0n) is 15.1. The molecule has 0 aromatic heterocycles. The largest absolute Gasteiger partial charge is 0.493 e. The molecule has 1 aromatic rings. The van der Waals surface area contributed by atoms with Gasteiger partial charge in [-0.25, -0.2) is 0 Å². The molecule has 1 saturated carbocycles. The van der Waals surface area contributed by atoms with Gasteiger partial charge in [0.15, 0.2) is 17.5 Å². The summed E-state index contributed by atoms with van der Waals surface area (Å²) in [5.74, 6) is 2.34. The summed E-state index contributed by atoms with van der Waals surface area (Å²) in [6, 6.07) is 5.90. The van der Waals surface area contributed by atoms with Gasteiger partial charge in [-0.2, -0.15) is 0 Å². The molecule has 0 atom stereocenters. The van der Waals surface area contributed by atoms with Gasteiger partial charge in [0, 0.05) is 25.7 Å². The maximum Gasteiger partial charge on any atom is 0.191 e. The number of guanidine groups is 1. The fourth-order valence-corrected chi connectivity index (χ4v) is 3.10. The fourth-order valence-electron chi connectivity index (χ4n) is 3.10. The zero-order valence-corrected chi connectivity index (χ0v) is 17.5. The smallest absolute Gasteiger partial charge is 0.191 e. The van der Waals surface area contributed by atoms with Crippen LogP contribution in [0.25, 0.3) is 0 Å². The Hall–Kier alpha value is -1.18. The van der Waals surface area contributed by atoms with Crippen molar-refractivity contribution in [2.75, 3.05) is 27.8 Å². The van der Waals surface area contributed by atoms with Crippen molar-refractivity contribution in [3.63, 3.8) is 0 Å². The van der Waals surface area contributed by atoms with Crippen molar-refractivity contribution in [3.05, 3.63) is 23.8 Å². The van der Waals surface area contributed by atoms with Gasteiger partial charge < -0.3 is 20.1 Å². The van der Waals surface area contributed by atoms with Gasteiger partial charge in [-0.3, -0.25) is 4.99 Å². The second-order valence-corrected chi connectivity index (χ2v) is 6.14. The van der Waals surface area contributed by atoms with Crippen LogP contribution in [-0.4, -0.2) is 33.8 Å². The number of aliphatic imine (C=N–C) groups is 1. The highest BCUT2D eigenvalue weighted by Gasteiger charge is 2.34. The third-order valence-corrected chi connectivity index (χ3v) is 4.95. The van der Waals surface area contributed by atoms with Gasteiger partial charge in [0.2, 0.25) is 0 Å². The minimum atomic E-state index is 0. The number of para-hydroxylation sites is 1. The number of methoxy groups -OCH3 is 2. The quantitative estimate of drug-likeness (QED) is 0.381. The first-order chi connectivity index (χ1) is 11.2. The Morgan fingerprint density at radius 2 is 1.96 bits per heavy atom. The van der Waals surface area contributed by atoms with E-state index in [1.54, 1.807) is 21.3 Å². The van der Waals surface area contributed by atoms with Gasteiger partial charge in [0.25, 0.3) is 0 Å². The van der Waals surface area contributed by atoms with Crippen molar-refractivity contribution in [2.24, 2.45) is 10.4 Å². The lowest BCUT2D eigenvalue weighted by molar-refractivity contribution is 0.131. The lowest BCUT2D eigenvalue weighted by Gasteiger charge is -2.41. The van der Waals surface area contributed by atoms with Crippen LogP contribution >= 0.6 is 24.0 Å². The summed E-state index contributed by atoms with van der Waals surface area (Å²) in [6.45, 7) is 3.90. The predicted octanol–water partition coefficient (Wildman–Crippen LogP) is 3.57. The standard InChI is InChI=1S/C18H29N3O2.HI/c1-5-18(10-7-11-18)13-21-17(19-2)20-12-14-8-6-9-15(22-3)16(14)23-4;/h6,8-9H,5,7,10-13H2,1-4H3,(H2,19,20,21);1H. The monoisotopic (exact) mass is 447 g/mol. The minimum absolute atomic E-state index is 0. The van der Waals surface area contributed by atoms with Gasteiger partial charge >= 0.3 is 0 Å². The van der Waals surface area contributed by atoms with Crippen LogP contribution in [0, 0.1) is 5.41 Å². The molecule has 0 amide bonds. The average Bonchev–Trinajstić information content (AvgIpc) is 2.56. The van der Waals surface area contributed by atoms with Crippen molar-refractivity contribution < 1.29 is 9.47 Å². The molecule has 0 spiro atoms. The van der Waals surface area contributed by atoms with Crippen LogP contribution in [0.4, 0.5) is 0 Å². The number of hydrogen-bond acceptors (Lipinski definition) is 3. The molecule has 0 radical (unpaired) electrons. The SMILES string of the molecule is CCC1(CNC(=NC)NCc2cccc(OC)c2OC)CCC1.I. The van der Waals surface area contributed by atoms with Gasteiger partial charge in [-0.05, 0) is 30.7 Å². The first kappa shape index (κ1) is 20.9. The Labute approximate surface area is 162 Å². The van der Waals surface area contributed by atoms with E-state index >= 15 is 0 Å². The van der Waals surface area contributed by atoms with Crippen molar-refractivity contribution in [3.8, 4) is 11.5 Å². The predicted molar refractivity (Wildman–Crippen MR) is 110 cm³/mol. The van der Waals surface area contributed by atoms with Gasteiger partial charge in [-0.1, -0.05) is 25.5 Å². The van der Waals surface area contributed by atoms with E-state index in [0.29, 0.717) is 12.0 Å². The van der Waals surface area contributed by atoms with E-state index in [1.165, 1.54) is 25.7 Å². The zero-order chi connectivity index (χ0) is 16.7. The molecule has 1 aromatic carbocycles. The number of rotatable bonds is 7. The summed E-state index contributed by atoms with van der Waals surface area (Å²) in [6.07, 6.45) is 5.21. The van der Waals surface area contributed by atoms with Gasteiger partial charge in [-0.15, -0.1) is 24.0 Å². The summed E-state index contributed by atoms with van der Waals surface area (Å²) < 4.78 is 10.8. The number of benzene rings is 1. The van der Waals surface area contributed by atoms with E-state index in [4.69, 9.17) is 9.47 Å². The fraction of sp³-hybridized carbons (Fsp3) is 0.611. The molecule has 2 N–H and O–H groups in total. The summed E-state index contributed by atoms with van der Waals surface area (Å²) in [7, 11) is 5.12. The maximum absolute atomic E-state index is 5.47. The number of hydrogen-bond donors (Lipinski definition) is 2. The molecule has 1 fully saturated rings. The van der Waals surface area contributed by atoms with E-state index in [2.05, 4.69) is 22.5 Å². The molecule has 6 heteroatoms. The number of nitrogens with zero attached hydrogens (tertiary/aromatic N) is 1.